The van der Waals surface area contributed by atoms with Crippen molar-refractivity contribution in [2.75, 3.05) is 12.4 Å². The molecule has 2 aromatic heterocycles. The summed E-state index contributed by atoms with van der Waals surface area (Å²) < 4.78 is 7.20. The van der Waals surface area contributed by atoms with Crippen LogP contribution in [0.15, 0.2) is 12.4 Å². The van der Waals surface area contributed by atoms with Gasteiger partial charge in [-0.1, -0.05) is 20.8 Å². The Bertz CT molecular complexity index is 675. The first kappa shape index (κ1) is 15.9. The van der Waals surface area contributed by atoms with Gasteiger partial charge in [-0.2, -0.15) is 5.10 Å². The van der Waals surface area contributed by atoms with Crippen molar-refractivity contribution in [2.45, 2.75) is 58.2 Å². The molecule has 0 spiro atoms. The van der Waals surface area contributed by atoms with Gasteiger partial charge in [0.05, 0.1) is 18.3 Å². The minimum Gasteiger partial charge on any atom is -0.378 e. The molecular weight excluding hydrogens is 292 g/mol. The highest BCUT2D eigenvalue weighted by Crippen LogP contribution is 2.27. The zero-order valence-electron chi connectivity index (χ0n) is 14.2. The van der Waals surface area contributed by atoms with Gasteiger partial charge in [-0.05, 0) is 12.8 Å². The maximum absolute atomic E-state index is 5.24. The molecule has 1 unspecified atom stereocenters. The Labute approximate surface area is 136 Å². The fourth-order valence-corrected chi connectivity index (χ4v) is 2.73. The molecule has 1 aliphatic rings. The van der Waals surface area contributed by atoms with Crippen LogP contribution in [-0.2, 0) is 23.3 Å². The van der Waals surface area contributed by atoms with Crippen LogP contribution in [0.1, 0.15) is 57.0 Å². The van der Waals surface area contributed by atoms with Gasteiger partial charge in [0.15, 0.2) is 0 Å². The smallest absolute Gasteiger partial charge is 0.149 e. The number of anilines is 1. The van der Waals surface area contributed by atoms with E-state index in [-0.39, 0.29) is 11.5 Å². The lowest BCUT2D eigenvalue weighted by molar-refractivity contribution is 0.181. The number of fused-ring (bicyclic) bond motifs is 1. The monoisotopic (exact) mass is 316 g/mol. The average Bonchev–Trinajstić information content (AvgIpc) is 2.96. The summed E-state index contributed by atoms with van der Waals surface area (Å²) in [6.07, 6.45) is 3.72. The number of nitrogens with zero attached hydrogens (tertiary/aromatic N) is 5. The van der Waals surface area contributed by atoms with Crippen LogP contribution in [-0.4, -0.2) is 31.8 Å². The number of hydrogen-bond acceptors (Lipinski definition) is 6. The standard InChI is InChI=1S/C16H24N6O/c1-16(2,3)15-19-11(9-23-4)8-13(21-15)20-12-6-5-7-22-14(12)17-10-18-22/h8,10,12H,5-7,9H2,1-4H3,(H,19,20,21). The first-order chi connectivity index (χ1) is 11.0. The molecule has 0 aromatic carbocycles. The third-order valence-electron chi connectivity index (χ3n) is 3.88. The number of hydrogen-bond donors (Lipinski definition) is 1. The summed E-state index contributed by atoms with van der Waals surface area (Å²) in [5.74, 6) is 2.60. The molecule has 0 radical (unpaired) electrons. The molecule has 3 rings (SSSR count). The first-order valence-corrected chi connectivity index (χ1v) is 7.99. The number of methoxy groups -OCH3 is 1. The van der Waals surface area contributed by atoms with Crippen molar-refractivity contribution in [3.63, 3.8) is 0 Å². The molecule has 1 N–H and O–H groups in total. The fraction of sp³-hybridized carbons (Fsp3) is 0.625. The number of aromatic nitrogens is 5. The summed E-state index contributed by atoms with van der Waals surface area (Å²) in [6.45, 7) is 7.74. The van der Waals surface area contributed by atoms with Gasteiger partial charge < -0.3 is 10.1 Å². The molecule has 1 atom stereocenters. The van der Waals surface area contributed by atoms with Crippen LogP contribution in [0.25, 0.3) is 0 Å². The zero-order valence-corrected chi connectivity index (χ0v) is 14.2. The molecule has 7 nitrogen and oxygen atoms in total. The van der Waals surface area contributed by atoms with Gasteiger partial charge in [0.2, 0.25) is 0 Å². The molecule has 0 aliphatic carbocycles. The summed E-state index contributed by atoms with van der Waals surface area (Å²) in [5, 5.41) is 7.77. The van der Waals surface area contributed by atoms with E-state index >= 15 is 0 Å². The Morgan fingerprint density at radius 2 is 2.17 bits per heavy atom. The van der Waals surface area contributed by atoms with Gasteiger partial charge in [-0.3, -0.25) is 0 Å². The lowest BCUT2D eigenvalue weighted by Crippen LogP contribution is -2.24. The molecule has 0 saturated carbocycles. The summed E-state index contributed by atoms with van der Waals surface area (Å²) in [7, 11) is 1.68. The van der Waals surface area contributed by atoms with E-state index in [1.165, 1.54) is 0 Å². The third-order valence-corrected chi connectivity index (χ3v) is 3.88. The van der Waals surface area contributed by atoms with Crippen LogP contribution in [0.5, 0.6) is 0 Å². The van der Waals surface area contributed by atoms with Crippen LogP contribution in [0.4, 0.5) is 5.82 Å². The normalized spacial score (nSPS) is 17.8. The second kappa shape index (κ2) is 6.23. The Hall–Kier alpha value is -2.02. The first-order valence-electron chi connectivity index (χ1n) is 7.99. The molecule has 0 fully saturated rings. The van der Waals surface area contributed by atoms with Gasteiger partial charge >= 0.3 is 0 Å². The quantitative estimate of drug-likeness (QED) is 0.933. The van der Waals surface area contributed by atoms with E-state index in [0.29, 0.717) is 6.61 Å². The molecule has 0 bridgehead atoms. The highest BCUT2D eigenvalue weighted by molar-refractivity contribution is 5.39. The fourth-order valence-electron chi connectivity index (χ4n) is 2.73. The third kappa shape index (κ3) is 3.50. The second-order valence-corrected chi connectivity index (χ2v) is 6.93. The minimum atomic E-state index is -0.118. The van der Waals surface area contributed by atoms with E-state index in [4.69, 9.17) is 9.72 Å². The number of rotatable bonds is 4. The Morgan fingerprint density at radius 1 is 1.35 bits per heavy atom. The lowest BCUT2D eigenvalue weighted by atomic mass is 9.95. The van der Waals surface area contributed by atoms with Crippen molar-refractivity contribution in [1.82, 2.24) is 24.7 Å². The van der Waals surface area contributed by atoms with Crippen molar-refractivity contribution in [3.05, 3.63) is 29.7 Å². The van der Waals surface area contributed by atoms with Crippen LogP contribution >= 0.6 is 0 Å². The molecule has 7 heteroatoms. The van der Waals surface area contributed by atoms with E-state index in [1.54, 1.807) is 13.4 Å². The van der Waals surface area contributed by atoms with Gasteiger partial charge in [0.1, 0.15) is 23.8 Å². The molecule has 3 heterocycles. The van der Waals surface area contributed by atoms with Crippen molar-refractivity contribution in [1.29, 1.82) is 0 Å². The molecule has 124 valence electrons. The summed E-state index contributed by atoms with van der Waals surface area (Å²) in [6, 6.07) is 2.08. The molecule has 2 aromatic rings. The molecule has 23 heavy (non-hydrogen) atoms. The number of aryl methyl sites for hydroxylation is 1. The summed E-state index contributed by atoms with van der Waals surface area (Å²) in [4.78, 5) is 13.7. The predicted octanol–water partition coefficient (Wildman–Crippen LogP) is 2.46. The Morgan fingerprint density at radius 3 is 2.91 bits per heavy atom. The van der Waals surface area contributed by atoms with Crippen LogP contribution < -0.4 is 5.32 Å². The van der Waals surface area contributed by atoms with E-state index in [0.717, 1.165) is 42.5 Å². The summed E-state index contributed by atoms with van der Waals surface area (Å²) >= 11 is 0. The van der Waals surface area contributed by atoms with Crippen molar-refractivity contribution >= 4 is 5.82 Å². The van der Waals surface area contributed by atoms with E-state index in [2.05, 4.69) is 41.2 Å². The Balaban J connectivity index is 1.89. The van der Waals surface area contributed by atoms with Gasteiger partial charge in [-0.15, -0.1) is 0 Å². The van der Waals surface area contributed by atoms with Crippen molar-refractivity contribution in [2.24, 2.45) is 0 Å². The highest BCUT2D eigenvalue weighted by atomic mass is 16.5. The molecule has 1 aliphatic heterocycles. The van der Waals surface area contributed by atoms with E-state index in [1.807, 2.05) is 10.7 Å². The molecule has 0 saturated heterocycles. The van der Waals surface area contributed by atoms with E-state index < -0.39 is 0 Å². The van der Waals surface area contributed by atoms with Crippen molar-refractivity contribution < 1.29 is 4.74 Å². The van der Waals surface area contributed by atoms with Crippen LogP contribution in [0, 0.1) is 0 Å². The zero-order chi connectivity index (χ0) is 16.4. The Kier molecular flexibility index (Phi) is 4.30. The van der Waals surface area contributed by atoms with Crippen LogP contribution in [0.3, 0.4) is 0 Å². The SMILES string of the molecule is COCc1cc(NC2CCCn3ncnc32)nc(C(C)(C)C)n1. The van der Waals surface area contributed by atoms with Gasteiger partial charge in [-0.25, -0.2) is 19.6 Å². The second-order valence-electron chi connectivity index (χ2n) is 6.93. The largest absolute Gasteiger partial charge is 0.378 e. The maximum Gasteiger partial charge on any atom is 0.149 e. The topological polar surface area (TPSA) is 77.8 Å². The molecular formula is C16H24N6O. The van der Waals surface area contributed by atoms with Crippen molar-refractivity contribution in [3.8, 4) is 0 Å². The predicted molar refractivity (Wildman–Crippen MR) is 87.1 cm³/mol. The lowest BCUT2D eigenvalue weighted by Gasteiger charge is -2.25. The average molecular weight is 316 g/mol. The van der Waals surface area contributed by atoms with Gasteiger partial charge in [0, 0.05) is 25.1 Å². The van der Waals surface area contributed by atoms with Gasteiger partial charge in [0.25, 0.3) is 0 Å². The van der Waals surface area contributed by atoms with E-state index in [9.17, 15) is 0 Å². The minimum absolute atomic E-state index is 0.118. The number of nitrogens with one attached hydrogen (secondary N) is 1. The molecule has 0 amide bonds. The summed E-state index contributed by atoms with van der Waals surface area (Å²) in [5.41, 5.74) is 0.763. The highest BCUT2D eigenvalue weighted by Gasteiger charge is 2.24. The number of ether oxygens (including phenoxy) is 1. The van der Waals surface area contributed by atoms with Crippen LogP contribution in [0.2, 0.25) is 0 Å². The maximum atomic E-state index is 5.24.